The highest BCUT2D eigenvalue weighted by Crippen LogP contribution is 2.28. The van der Waals surface area contributed by atoms with Gasteiger partial charge in [-0.05, 0) is 24.6 Å². The molecular formula is C8H9ClO3S. The predicted molar refractivity (Wildman–Crippen MR) is 51.8 cm³/mol. The van der Waals surface area contributed by atoms with Gasteiger partial charge in [0.2, 0.25) is 0 Å². The SMILES string of the molecule is COc1cc(C)c(Cl)cc1S(=O)O. The number of aryl methyl sites for hydroxylation is 1. The van der Waals surface area contributed by atoms with Gasteiger partial charge in [-0.15, -0.1) is 0 Å². The van der Waals surface area contributed by atoms with Gasteiger partial charge in [0.15, 0.2) is 11.1 Å². The van der Waals surface area contributed by atoms with E-state index in [1.165, 1.54) is 13.2 Å². The zero-order chi connectivity index (χ0) is 10.0. The predicted octanol–water partition coefficient (Wildman–Crippen LogP) is 2.24. The largest absolute Gasteiger partial charge is 0.495 e. The van der Waals surface area contributed by atoms with E-state index in [1.807, 2.05) is 0 Å². The molecule has 0 aliphatic rings. The third-order valence-corrected chi connectivity index (χ3v) is 2.74. The zero-order valence-corrected chi connectivity index (χ0v) is 8.78. The molecular weight excluding hydrogens is 212 g/mol. The summed E-state index contributed by atoms with van der Waals surface area (Å²) in [7, 11) is 1.44. The molecule has 0 spiro atoms. The monoisotopic (exact) mass is 220 g/mol. The van der Waals surface area contributed by atoms with E-state index < -0.39 is 11.1 Å². The minimum absolute atomic E-state index is 0.193. The van der Waals surface area contributed by atoms with Crippen molar-refractivity contribution in [3.63, 3.8) is 0 Å². The molecule has 0 saturated carbocycles. The van der Waals surface area contributed by atoms with Crippen LogP contribution in [0, 0.1) is 6.92 Å². The van der Waals surface area contributed by atoms with Gasteiger partial charge in [0, 0.05) is 5.02 Å². The highest BCUT2D eigenvalue weighted by atomic mass is 35.5. The summed E-state index contributed by atoms with van der Waals surface area (Å²) in [6.07, 6.45) is 0. The van der Waals surface area contributed by atoms with Crippen LogP contribution in [0.25, 0.3) is 0 Å². The first-order valence-electron chi connectivity index (χ1n) is 3.51. The molecule has 0 aliphatic carbocycles. The Labute approximate surface area is 84.0 Å². The van der Waals surface area contributed by atoms with Crippen LogP contribution in [0.5, 0.6) is 5.75 Å². The first-order chi connectivity index (χ1) is 6.06. The first-order valence-corrected chi connectivity index (χ1v) is 4.99. The van der Waals surface area contributed by atoms with Crippen LogP contribution in [0.4, 0.5) is 0 Å². The third-order valence-electron chi connectivity index (χ3n) is 1.63. The lowest BCUT2D eigenvalue weighted by molar-refractivity contribution is 0.401. The Morgan fingerprint density at radius 1 is 1.54 bits per heavy atom. The van der Waals surface area contributed by atoms with E-state index in [9.17, 15) is 4.21 Å². The molecule has 0 heterocycles. The van der Waals surface area contributed by atoms with Crippen LogP contribution in [0.15, 0.2) is 17.0 Å². The molecule has 0 fully saturated rings. The molecule has 0 amide bonds. The molecule has 72 valence electrons. The molecule has 0 radical (unpaired) electrons. The summed E-state index contributed by atoms with van der Waals surface area (Å²) >= 11 is 3.72. The van der Waals surface area contributed by atoms with E-state index in [2.05, 4.69) is 0 Å². The van der Waals surface area contributed by atoms with Gasteiger partial charge in [-0.25, -0.2) is 4.21 Å². The highest BCUT2D eigenvalue weighted by molar-refractivity contribution is 7.79. The van der Waals surface area contributed by atoms with E-state index in [4.69, 9.17) is 20.9 Å². The number of hydrogen-bond donors (Lipinski definition) is 1. The van der Waals surface area contributed by atoms with E-state index in [0.29, 0.717) is 10.8 Å². The van der Waals surface area contributed by atoms with E-state index in [1.54, 1.807) is 13.0 Å². The molecule has 0 bridgehead atoms. The molecule has 0 aromatic heterocycles. The number of halogens is 1. The van der Waals surface area contributed by atoms with Crippen molar-refractivity contribution in [3.05, 3.63) is 22.7 Å². The molecule has 1 aromatic carbocycles. The summed E-state index contributed by atoms with van der Waals surface area (Å²) in [6.45, 7) is 1.80. The summed E-state index contributed by atoms with van der Waals surface area (Å²) in [5.41, 5.74) is 0.813. The molecule has 0 aliphatic heterocycles. The number of ether oxygens (including phenoxy) is 1. The Hall–Kier alpha value is -0.580. The van der Waals surface area contributed by atoms with Crippen LogP contribution in [-0.2, 0) is 11.1 Å². The van der Waals surface area contributed by atoms with Crippen LogP contribution in [-0.4, -0.2) is 15.9 Å². The van der Waals surface area contributed by atoms with Crippen LogP contribution in [0.1, 0.15) is 5.56 Å². The lowest BCUT2D eigenvalue weighted by Crippen LogP contribution is -1.95. The molecule has 5 heteroatoms. The van der Waals surface area contributed by atoms with Gasteiger partial charge in [0.1, 0.15) is 10.6 Å². The number of hydrogen-bond acceptors (Lipinski definition) is 2. The van der Waals surface area contributed by atoms with Crippen molar-refractivity contribution in [2.45, 2.75) is 11.8 Å². The van der Waals surface area contributed by atoms with Crippen molar-refractivity contribution >= 4 is 22.7 Å². The maximum Gasteiger partial charge on any atom is 0.190 e. The summed E-state index contributed by atoms with van der Waals surface area (Å²) in [5.74, 6) is 0.378. The molecule has 13 heavy (non-hydrogen) atoms. The van der Waals surface area contributed by atoms with Crippen LogP contribution in [0.2, 0.25) is 5.02 Å². The maximum atomic E-state index is 10.8. The van der Waals surface area contributed by atoms with Crippen molar-refractivity contribution in [1.29, 1.82) is 0 Å². The zero-order valence-electron chi connectivity index (χ0n) is 7.20. The van der Waals surface area contributed by atoms with Crippen LogP contribution in [0.3, 0.4) is 0 Å². The van der Waals surface area contributed by atoms with Gasteiger partial charge in [-0.2, -0.15) is 0 Å². The van der Waals surface area contributed by atoms with Crippen molar-refractivity contribution in [1.82, 2.24) is 0 Å². The second-order valence-corrected chi connectivity index (χ2v) is 3.85. The molecule has 0 saturated heterocycles. The van der Waals surface area contributed by atoms with Crippen molar-refractivity contribution < 1.29 is 13.5 Å². The van der Waals surface area contributed by atoms with Gasteiger partial charge in [-0.3, -0.25) is 0 Å². The molecule has 1 N–H and O–H groups in total. The Morgan fingerprint density at radius 2 is 2.15 bits per heavy atom. The van der Waals surface area contributed by atoms with Gasteiger partial charge < -0.3 is 9.29 Å². The van der Waals surface area contributed by atoms with Crippen LogP contribution >= 0.6 is 11.6 Å². The molecule has 1 aromatic rings. The normalized spacial score (nSPS) is 12.6. The second kappa shape index (κ2) is 4.09. The minimum Gasteiger partial charge on any atom is -0.495 e. The van der Waals surface area contributed by atoms with Crippen molar-refractivity contribution in [2.24, 2.45) is 0 Å². The summed E-state index contributed by atoms with van der Waals surface area (Å²) < 4.78 is 24.6. The third kappa shape index (κ3) is 2.21. The summed E-state index contributed by atoms with van der Waals surface area (Å²) in [5, 5.41) is 0.457. The van der Waals surface area contributed by atoms with Gasteiger partial charge in [-0.1, -0.05) is 11.6 Å². The number of methoxy groups -OCH3 is 1. The summed E-state index contributed by atoms with van der Waals surface area (Å²) in [6, 6.07) is 3.07. The molecule has 3 nitrogen and oxygen atoms in total. The quantitative estimate of drug-likeness (QED) is 0.778. The number of rotatable bonds is 2. The van der Waals surface area contributed by atoms with E-state index in [-0.39, 0.29) is 4.90 Å². The standard InChI is InChI=1S/C8H9ClO3S/c1-5-3-7(12-2)8(13(10)11)4-6(5)9/h3-4H,1-2H3,(H,10,11). The lowest BCUT2D eigenvalue weighted by Gasteiger charge is -2.07. The van der Waals surface area contributed by atoms with E-state index in [0.717, 1.165) is 5.56 Å². The fourth-order valence-electron chi connectivity index (χ4n) is 0.933. The minimum atomic E-state index is -2.07. The highest BCUT2D eigenvalue weighted by Gasteiger charge is 2.10. The van der Waals surface area contributed by atoms with Gasteiger partial charge >= 0.3 is 0 Å². The smallest absolute Gasteiger partial charge is 0.190 e. The molecule has 1 atom stereocenters. The van der Waals surface area contributed by atoms with Crippen LogP contribution < -0.4 is 4.74 Å². The average molecular weight is 221 g/mol. The Bertz CT molecular complexity index is 351. The summed E-state index contributed by atoms with van der Waals surface area (Å²) in [4.78, 5) is 0.193. The topological polar surface area (TPSA) is 46.5 Å². The van der Waals surface area contributed by atoms with E-state index >= 15 is 0 Å². The van der Waals surface area contributed by atoms with Crippen molar-refractivity contribution in [2.75, 3.05) is 7.11 Å². The lowest BCUT2D eigenvalue weighted by atomic mass is 10.2. The van der Waals surface area contributed by atoms with Gasteiger partial charge in [0.25, 0.3) is 0 Å². The second-order valence-electron chi connectivity index (χ2n) is 2.50. The number of benzene rings is 1. The first kappa shape index (κ1) is 10.5. The van der Waals surface area contributed by atoms with Crippen molar-refractivity contribution in [3.8, 4) is 5.75 Å². The maximum absolute atomic E-state index is 10.8. The Morgan fingerprint density at radius 3 is 2.62 bits per heavy atom. The Kier molecular flexibility index (Phi) is 3.30. The van der Waals surface area contributed by atoms with Gasteiger partial charge in [0.05, 0.1) is 7.11 Å². The Balaban J connectivity index is 3.33. The average Bonchev–Trinajstić information content (AvgIpc) is 2.08. The fraction of sp³-hybridized carbons (Fsp3) is 0.250. The molecule has 1 unspecified atom stereocenters. The fourth-order valence-corrected chi connectivity index (χ4v) is 1.69. The molecule has 1 rings (SSSR count).